The van der Waals surface area contributed by atoms with Gasteiger partial charge in [0.1, 0.15) is 17.0 Å². The Balaban J connectivity index is 2.06. The Hall–Kier alpha value is -3.49. The summed E-state index contributed by atoms with van der Waals surface area (Å²) in [7, 11) is 1.53. The van der Waals surface area contributed by atoms with Gasteiger partial charge in [0.15, 0.2) is 6.61 Å². The van der Waals surface area contributed by atoms with Crippen LogP contribution in [0.3, 0.4) is 0 Å². The van der Waals surface area contributed by atoms with Crippen molar-refractivity contribution in [1.29, 1.82) is 0 Å². The number of aromatic amines is 1. The molecule has 0 aliphatic carbocycles. The molecule has 9 nitrogen and oxygen atoms in total. The average Bonchev–Trinajstić information content (AvgIpc) is 3.23. The highest BCUT2D eigenvalue weighted by atomic mass is 16.6. The lowest BCUT2D eigenvalue weighted by Crippen LogP contribution is -2.39. The minimum atomic E-state index is -0.455. The van der Waals surface area contributed by atoms with Gasteiger partial charge in [0.2, 0.25) is 0 Å². The molecule has 0 amide bonds. The fourth-order valence-electron chi connectivity index (χ4n) is 3.62. The van der Waals surface area contributed by atoms with Crippen LogP contribution in [0, 0.1) is 0 Å². The van der Waals surface area contributed by atoms with Gasteiger partial charge in [0.25, 0.3) is 5.56 Å². The van der Waals surface area contributed by atoms with E-state index in [1.165, 1.54) is 11.7 Å². The van der Waals surface area contributed by atoms with Crippen LogP contribution < -0.4 is 20.7 Å². The van der Waals surface area contributed by atoms with E-state index in [0.717, 1.165) is 6.42 Å². The van der Waals surface area contributed by atoms with E-state index in [-0.39, 0.29) is 24.5 Å². The lowest BCUT2D eigenvalue weighted by molar-refractivity contribution is -0.145. The summed E-state index contributed by atoms with van der Waals surface area (Å²) in [6.45, 7) is 6.59. The van der Waals surface area contributed by atoms with Crippen LogP contribution in [0.5, 0.6) is 11.5 Å². The Morgan fingerprint density at radius 1 is 1.03 bits per heavy atom. The number of hydrogen-bond acceptors (Lipinski definition) is 6. The smallest absolute Gasteiger partial charge is 0.344 e. The molecule has 0 aliphatic heterocycles. The molecule has 0 saturated heterocycles. The van der Waals surface area contributed by atoms with Crippen molar-refractivity contribution in [3.8, 4) is 22.8 Å². The number of benzene rings is 1. The lowest BCUT2D eigenvalue weighted by Gasteiger charge is -2.11. The number of aryl methyl sites for hydroxylation is 1. The summed E-state index contributed by atoms with van der Waals surface area (Å²) >= 11 is 0. The van der Waals surface area contributed by atoms with Gasteiger partial charge in [0, 0.05) is 24.7 Å². The van der Waals surface area contributed by atoms with Crippen LogP contribution in [-0.2, 0) is 22.6 Å². The van der Waals surface area contributed by atoms with Crippen LogP contribution in [0.4, 0.5) is 0 Å². The Kier molecular flexibility index (Phi) is 7.40. The first-order valence-electron chi connectivity index (χ1n) is 10.8. The number of fused-ring (bicyclic) bond motifs is 1. The molecule has 3 aromatic rings. The maximum absolute atomic E-state index is 13.0. The molecule has 0 radical (unpaired) electrons. The second-order valence-corrected chi connectivity index (χ2v) is 7.29. The predicted molar refractivity (Wildman–Crippen MR) is 122 cm³/mol. The van der Waals surface area contributed by atoms with Crippen LogP contribution in [-0.4, -0.2) is 40.4 Å². The van der Waals surface area contributed by atoms with E-state index < -0.39 is 5.97 Å². The number of aromatic nitrogens is 3. The van der Waals surface area contributed by atoms with E-state index in [1.54, 1.807) is 35.8 Å². The van der Waals surface area contributed by atoms with Crippen molar-refractivity contribution in [2.45, 2.75) is 46.7 Å². The normalized spacial score (nSPS) is 11.0. The molecule has 0 saturated carbocycles. The van der Waals surface area contributed by atoms with E-state index in [4.69, 9.17) is 14.2 Å². The maximum atomic E-state index is 13.0. The fraction of sp³-hybridized carbons (Fsp3) is 0.435. The SMILES string of the molecule is CCCn1c(=O)c2[nH]c(-c3ccc(OCC(=O)OCC)cc3OC)cc2n(CCC)c1=O. The second-order valence-electron chi connectivity index (χ2n) is 7.29. The second kappa shape index (κ2) is 10.2. The van der Waals surface area contributed by atoms with Crippen molar-refractivity contribution in [3.63, 3.8) is 0 Å². The highest BCUT2D eigenvalue weighted by Gasteiger charge is 2.18. The first-order chi connectivity index (χ1) is 15.4. The van der Waals surface area contributed by atoms with E-state index >= 15 is 0 Å². The van der Waals surface area contributed by atoms with Gasteiger partial charge in [0.05, 0.1) is 24.9 Å². The third kappa shape index (κ3) is 4.56. The molecule has 3 rings (SSSR count). The minimum Gasteiger partial charge on any atom is -0.496 e. The zero-order chi connectivity index (χ0) is 23.3. The summed E-state index contributed by atoms with van der Waals surface area (Å²) in [5.41, 5.74) is 1.65. The molecule has 1 N–H and O–H groups in total. The van der Waals surface area contributed by atoms with E-state index in [9.17, 15) is 14.4 Å². The zero-order valence-corrected chi connectivity index (χ0v) is 18.9. The quantitative estimate of drug-likeness (QED) is 0.483. The summed E-state index contributed by atoms with van der Waals surface area (Å²) in [6, 6.07) is 6.93. The summed E-state index contributed by atoms with van der Waals surface area (Å²) < 4.78 is 18.8. The molecule has 0 spiro atoms. The molecule has 0 fully saturated rings. The molecule has 0 unspecified atom stereocenters. The number of H-pyrrole nitrogens is 1. The number of nitrogens with zero attached hydrogens (tertiary/aromatic N) is 2. The molecule has 32 heavy (non-hydrogen) atoms. The van der Waals surface area contributed by atoms with Gasteiger partial charge in [-0.25, -0.2) is 9.59 Å². The predicted octanol–water partition coefficient (Wildman–Crippen LogP) is 2.93. The molecule has 2 aromatic heterocycles. The molecule has 0 aliphatic rings. The summed E-state index contributed by atoms with van der Waals surface area (Å²) in [4.78, 5) is 40.6. The highest BCUT2D eigenvalue weighted by Crippen LogP contribution is 2.34. The number of ether oxygens (including phenoxy) is 3. The van der Waals surface area contributed by atoms with Gasteiger partial charge in [-0.3, -0.25) is 13.9 Å². The Bertz CT molecular complexity index is 1220. The first-order valence-corrected chi connectivity index (χ1v) is 10.8. The molecule has 9 heteroatoms. The van der Waals surface area contributed by atoms with Gasteiger partial charge < -0.3 is 19.2 Å². The van der Waals surface area contributed by atoms with Gasteiger partial charge >= 0.3 is 11.7 Å². The first kappa shape index (κ1) is 23.2. The van der Waals surface area contributed by atoms with Crippen molar-refractivity contribution in [3.05, 3.63) is 45.1 Å². The van der Waals surface area contributed by atoms with Gasteiger partial charge in [-0.05, 0) is 38.0 Å². The molecular weight excluding hydrogens is 414 g/mol. The monoisotopic (exact) mass is 443 g/mol. The minimum absolute atomic E-state index is 0.205. The van der Waals surface area contributed by atoms with E-state index in [1.807, 2.05) is 13.8 Å². The molecular formula is C23H29N3O6. The number of carbonyl (C=O) groups excluding carboxylic acids is 1. The average molecular weight is 444 g/mol. The topological polar surface area (TPSA) is 105 Å². The van der Waals surface area contributed by atoms with E-state index in [0.29, 0.717) is 53.3 Å². The molecule has 0 atom stereocenters. The third-order valence-corrected chi connectivity index (χ3v) is 5.03. The Labute approximate surface area is 185 Å². The summed E-state index contributed by atoms with van der Waals surface area (Å²) in [5, 5.41) is 0. The maximum Gasteiger partial charge on any atom is 0.344 e. The zero-order valence-electron chi connectivity index (χ0n) is 18.9. The van der Waals surface area contributed by atoms with Crippen molar-refractivity contribution >= 4 is 17.0 Å². The fourth-order valence-corrected chi connectivity index (χ4v) is 3.62. The van der Waals surface area contributed by atoms with Crippen molar-refractivity contribution < 1.29 is 19.0 Å². The number of carbonyl (C=O) groups is 1. The van der Waals surface area contributed by atoms with Gasteiger partial charge in [-0.2, -0.15) is 0 Å². The van der Waals surface area contributed by atoms with Crippen LogP contribution in [0.15, 0.2) is 33.9 Å². The summed E-state index contributed by atoms with van der Waals surface area (Å²) in [5.74, 6) is 0.488. The van der Waals surface area contributed by atoms with Crippen molar-refractivity contribution in [2.75, 3.05) is 20.3 Å². The van der Waals surface area contributed by atoms with Crippen molar-refractivity contribution in [1.82, 2.24) is 14.1 Å². The molecule has 2 heterocycles. The standard InChI is InChI=1S/C23H29N3O6/c1-5-10-25-18-13-17(24-21(18)22(28)26(11-6-2)23(25)29)16-9-8-15(12-19(16)30-4)32-14-20(27)31-7-3/h8-9,12-13,24H,5-7,10-11,14H2,1-4H3. The molecule has 1 aromatic carbocycles. The van der Waals surface area contributed by atoms with E-state index in [2.05, 4.69) is 4.98 Å². The van der Waals surface area contributed by atoms with Gasteiger partial charge in [-0.1, -0.05) is 13.8 Å². The van der Waals surface area contributed by atoms with Crippen LogP contribution in [0.2, 0.25) is 0 Å². The number of nitrogens with one attached hydrogen (secondary N) is 1. The number of hydrogen-bond donors (Lipinski definition) is 1. The Morgan fingerprint density at radius 3 is 2.41 bits per heavy atom. The number of methoxy groups -OCH3 is 1. The van der Waals surface area contributed by atoms with Crippen LogP contribution in [0.25, 0.3) is 22.3 Å². The third-order valence-electron chi connectivity index (χ3n) is 5.03. The number of esters is 1. The van der Waals surface area contributed by atoms with Crippen LogP contribution >= 0.6 is 0 Å². The highest BCUT2D eigenvalue weighted by molar-refractivity contribution is 5.84. The Morgan fingerprint density at radius 2 is 1.75 bits per heavy atom. The largest absolute Gasteiger partial charge is 0.496 e. The van der Waals surface area contributed by atoms with Crippen LogP contribution in [0.1, 0.15) is 33.6 Å². The molecule has 0 bridgehead atoms. The van der Waals surface area contributed by atoms with Crippen molar-refractivity contribution in [2.24, 2.45) is 0 Å². The van der Waals surface area contributed by atoms with Gasteiger partial charge in [-0.15, -0.1) is 0 Å². The molecule has 172 valence electrons. The summed E-state index contributed by atoms with van der Waals surface area (Å²) in [6.07, 6.45) is 1.44. The lowest BCUT2D eigenvalue weighted by atomic mass is 10.1. The number of rotatable bonds is 10.